The third-order valence-corrected chi connectivity index (χ3v) is 7.77. The molecule has 0 saturated carbocycles. The first kappa shape index (κ1) is 38.5. The topological polar surface area (TPSA) is 74.8 Å². The van der Waals surface area contributed by atoms with Crippen LogP contribution in [0.4, 0.5) is 70.2 Å². The smallest absolute Gasteiger partial charge is 0.399 e. The monoisotopic (exact) mass is 780 g/mol. The van der Waals surface area contributed by atoms with E-state index in [0.717, 1.165) is 12.1 Å². The summed E-state index contributed by atoms with van der Waals surface area (Å²) in [6.07, 6.45) is -14.9. The molecule has 0 fully saturated rings. The molecule has 0 bridgehead atoms. The van der Waals surface area contributed by atoms with Gasteiger partial charge in [0.2, 0.25) is 34.8 Å². The Morgan fingerprint density at radius 3 is 1.13 bits per heavy atom. The minimum absolute atomic E-state index is 1.14. The fraction of sp³-hybridized carbons (Fsp3) is 0.125. The molecule has 54 heavy (non-hydrogen) atoms. The zero-order chi connectivity index (χ0) is 40.5. The van der Waals surface area contributed by atoms with Crippen molar-refractivity contribution in [2.24, 2.45) is 0 Å². The van der Waals surface area contributed by atoms with Crippen molar-refractivity contribution in [1.29, 1.82) is 10.5 Å². The summed E-state index contributed by atoms with van der Waals surface area (Å²) < 4.78 is 239. The third kappa shape index (κ3) is 5.85. The van der Waals surface area contributed by atoms with Crippen molar-refractivity contribution in [1.82, 2.24) is 0 Å². The molecule has 0 unspecified atom stereocenters. The van der Waals surface area contributed by atoms with Crippen molar-refractivity contribution in [3.05, 3.63) is 113 Å². The summed E-state index contributed by atoms with van der Waals surface area (Å²) in [6, 6.07) is 2.29. The van der Waals surface area contributed by atoms with Crippen LogP contribution in [0.3, 0.4) is 0 Å². The maximum Gasteiger partial charge on any atom is 0.573 e. The Balaban J connectivity index is 2.16. The van der Waals surface area contributed by atoms with Gasteiger partial charge in [0.15, 0.2) is 23.3 Å². The molecule has 5 rings (SSSR count). The number of hydrogen-bond donors (Lipinski definition) is 0. The van der Waals surface area contributed by atoms with E-state index >= 15 is 43.9 Å². The maximum absolute atomic E-state index is 16.4. The number of allylic oxidation sites excluding steroid dienone is 3. The van der Waals surface area contributed by atoms with Crippen LogP contribution in [0.15, 0.2) is 22.5 Å². The van der Waals surface area contributed by atoms with Crippen molar-refractivity contribution in [2.75, 3.05) is 0 Å². The van der Waals surface area contributed by atoms with Gasteiger partial charge in [-0.25, -0.2) is 26.3 Å². The Kier molecular flexibility index (Phi) is 9.33. The number of ether oxygens (including phenoxy) is 2. The van der Waals surface area contributed by atoms with Gasteiger partial charge in [0.05, 0.1) is 16.7 Å². The molecule has 0 aromatic heterocycles. The van der Waals surface area contributed by atoms with Gasteiger partial charge in [-0.1, -0.05) is 0 Å². The van der Waals surface area contributed by atoms with E-state index in [1.807, 2.05) is 0 Å². The Hall–Kier alpha value is -6.68. The molecule has 3 aromatic carbocycles. The van der Waals surface area contributed by atoms with Gasteiger partial charge in [0.1, 0.15) is 42.5 Å². The summed E-state index contributed by atoms with van der Waals surface area (Å²) in [6.45, 7) is 14.3. The summed E-state index contributed by atoms with van der Waals surface area (Å²) in [5, 5.41) is 15.6. The molecule has 0 aliphatic heterocycles. The lowest BCUT2D eigenvalue weighted by Gasteiger charge is -2.20. The fourth-order valence-corrected chi connectivity index (χ4v) is 5.82. The molecule has 2 aliphatic rings. The van der Waals surface area contributed by atoms with E-state index in [1.54, 1.807) is 0 Å². The summed E-state index contributed by atoms with van der Waals surface area (Å²) in [4.78, 5) is 5.34. The minimum Gasteiger partial charge on any atom is -0.399 e. The zero-order valence-electron chi connectivity index (χ0n) is 25.1. The van der Waals surface area contributed by atoms with E-state index in [4.69, 9.17) is 13.1 Å². The van der Waals surface area contributed by atoms with Crippen molar-refractivity contribution in [2.45, 2.75) is 25.6 Å². The van der Waals surface area contributed by atoms with Crippen LogP contribution in [0.5, 0.6) is 11.5 Å². The van der Waals surface area contributed by atoms with Crippen molar-refractivity contribution in [3.63, 3.8) is 0 Å². The number of benzene rings is 3. The number of fused-ring (bicyclic) bond motifs is 2. The Morgan fingerprint density at radius 2 is 0.833 bits per heavy atom. The average Bonchev–Trinajstić information content (AvgIpc) is 3.61. The number of alkyl halides is 6. The average molecular weight is 780 g/mol. The van der Waals surface area contributed by atoms with Crippen LogP contribution in [-0.2, 0) is 12.8 Å². The lowest BCUT2D eigenvalue weighted by molar-refractivity contribution is -0.277. The van der Waals surface area contributed by atoms with Crippen LogP contribution in [0.2, 0.25) is 0 Å². The lowest BCUT2D eigenvalue weighted by atomic mass is 9.86. The van der Waals surface area contributed by atoms with Gasteiger partial charge >= 0.3 is 18.5 Å². The van der Waals surface area contributed by atoms with Gasteiger partial charge < -0.3 is 9.47 Å². The van der Waals surface area contributed by atoms with Gasteiger partial charge in [-0.3, -0.25) is 0 Å². The van der Waals surface area contributed by atoms with Gasteiger partial charge in [-0.05, 0) is 11.1 Å². The third-order valence-electron chi connectivity index (χ3n) is 7.77. The highest BCUT2D eigenvalue weighted by Crippen LogP contribution is 2.46. The first-order chi connectivity index (χ1) is 25.1. The molecule has 0 saturated heterocycles. The van der Waals surface area contributed by atoms with Gasteiger partial charge in [0.25, 0.3) is 0 Å². The highest BCUT2D eigenvalue weighted by atomic mass is 19.4. The second-order valence-electron chi connectivity index (χ2n) is 10.6. The summed E-state index contributed by atoms with van der Waals surface area (Å²) in [5.74, 6) is -34.2. The van der Waals surface area contributed by atoms with E-state index in [1.165, 1.54) is 0 Å². The highest BCUT2D eigenvalue weighted by Gasteiger charge is 2.44. The van der Waals surface area contributed by atoms with Crippen LogP contribution in [0, 0.1) is 82.3 Å². The summed E-state index contributed by atoms with van der Waals surface area (Å²) in [7, 11) is 0. The number of halogens is 16. The van der Waals surface area contributed by atoms with Crippen molar-refractivity contribution >= 4 is 11.7 Å². The van der Waals surface area contributed by atoms with Crippen molar-refractivity contribution in [3.8, 4) is 45.9 Å². The molecular formula is C32H4F16N4O2. The van der Waals surface area contributed by atoms with Gasteiger partial charge in [-0.2, -0.15) is 37.8 Å². The minimum atomic E-state index is -6.01. The molecule has 2 aliphatic carbocycles. The number of hydrogen-bond acceptors (Lipinski definition) is 4. The van der Waals surface area contributed by atoms with Crippen LogP contribution >= 0.6 is 0 Å². The van der Waals surface area contributed by atoms with E-state index in [0.29, 0.717) is 0 Å². The first-order valence-electron chi connectivity index (χ1n) is 13.6. The Morgan fingerprint density at radius 1 is 0.519 bits per heavy atom. The van der Waals surface area contributed by atoms with Crippen molar-refractivity contribution < 1.29 is 79.7 Å². The Labute approximate surface area is 287 Å². The SMILES string of the molecule is [C-]#[N+]C([N+]#[C-])=C1Cc2c(-c3c(F)c(F)c(OC(F)(F)F)c(F)c3F)c3c(c(-c4c(F)c(F)c(OC(F)(F)F)c(F)c4F)c2=C1F)CC(=C(C#N)C#N)C=3F. The van der Waals surface area contributed by atoms with E-state index in [9.17, 15) is 36.9 Å². The molecular weight excluding hydrogens is 776 g/mol. The number of nitriles is 2. The molecule has 22 heteroatoms. The number of rotatable bonds is 4. The predicted molar refractivity (Wildman–Crippen MR) is 145 cm³/mol. The van der Waals surface area contributed by atoms with Crippen LogP contribution in [0.1, 0.15) is 11.1 Å². The van der Waals surface area contributed by atoms with E-state index in [2.05, 4.69) is 19.2 Å². The molecule has 0 atom stereocenters. The van der Waals surface area contributed by atoms with E-state index in [-0.39, 0.29) is 0 Å². The maximum atomic E-state index is 16.4. The quantitative estimate of drug-likeness (QED) is 0.115. The molecule has 0 N–H and O–H groups in total. The largest absolute Gasteiger partial charge is 0.573 e. The first-order valence-corrected chi connectivity index (χ1v) is 13.6. The zero-order valence-corrected chi connectivity index (χ0v) is 25.1. The second kappa shape index (κ2) is 13.1. The van der Waals surface area contributed by atoms with Gasteiger partial charge in [0, 0.05) is 40.0 Å². The highest BCUT2D eigenvalue weighted by molar-refractivity contribution is 5.91. The second-order valence-corrected chi connectivity index (χ2v) is 10.6. The standard InChI is InChI=1S/C32H4F16N4O2/c1-51-30(52-2)11-4-10-13(17-22(37)26(41)29(27(42)23(17)38)54-32(46,47)48)14-9(3-8(18(14)33)7(5-49)6-50)12(15(10)19(11)34)16-20(35)24(39)28(25(40)21(16)36)53-31(43,44)45/h3-4H2. The molecule has 3 aromatic rings. The van der Waals surface area contributed by atoms with Gasteiger partial charge in [-0.15, -0.1) is 26.3 Å². The van der Waals surface area contributed by atoms with Crippen LogP contribution in [0.25, 0.3) is 43.6 Å². The molecule has 6 nitrogen and oxygen atoms in total. The van der Waals surface area contributed by atoms with Crippen LogP contribution in [-0.4, -0.2) is 12.7 Å². The van der Waals surface area contributed by atoms with E-state index < -0.39 is 162 Å². The fourth-order valence-electron chi connectivity index (χ4n) is 5.82. The predicted octanol–water partition coefficient (Wildman–Crippen LogP) is 8.59. The summed E-state index contributed by atoms with van der Waals surface area (Å²) >= 11 is 0. The molecule has 0 radical (unpaired) electrons. The molecule has 0 heterocycles. The summed E-state index contributed by atoms with van der Waals surface area (Å²) in [5.41, 5.74) is -14.1. The van der Waals surface area contributed by atoms with Crippen LogP contribution < -0.4 is 19.9 Å². The molecule has 276 valence electrons. The Bertz CT molecular complexity index is 2360. The number of nitrogens with zero attached hydrogens (tertiary/aromatic N) is 4. The molecule has 0 amide bonds. The molecule has 0 spiro atoms. The normalized spacial score (nSPS) is 13.6. The lowest BCUT2D eigenvalue weighted by Crippen LogP contribution is -2.27.